The van der Waals surface area contributed by atoms with E-state index in [0.29, 0.717) is 0 Å². The van der Waals surface area contributed by atoms with E-state index < -0.39 is 0 Å². The van der Waals surface area contributed by atoms with Crippen LogP contribution in [0.25, 0.3) is 0 Å². The van der Waals surface area contributed by atoms with E-state index in [9.17, 15) is 4.39 Å². The van der Waals surface area contributed by atoms with E-state index >= 15 is 0 Å². The zero-order valence-electron chi connectivity index (χ0n) is 12.9. The molecular formula is C17H27BrFN. The molecule has 0 bridgehead atoms. The van der Waals surface area contributed by atoms with Crippen LogP contribution in [0.1, 0.15) is 52.0 Å². The van der Waals surface area contributed by atoms with E-state index in [1.54, 1.807) is 6.07 Å². The van der Waals surface area contributed by atoms with Gasteiger partial charge in [-0.3, -0.25) is 0 Å². The first kappa shape index (κ1) is 17.6. The van der Waals surface area contributed by atoms with E-state index in [1.165, 1.54) is 12.8 Å². The minimum atomic E-state index is -0.0924. The highest BCUT2D eigenvalue weighted by Gasteiger charge is 2.28. The third kappa shape index (κ3) is 5.17. The first-order valence-electron chi connectivity index (χ1n) is 7.71. The lowest BCUT2D eigenvalue weighted by atomic mass is 9.75. The molecule has 0 heterocycles. The monoisotopic (exact) mass is 343 g/mol. The summed E-state index contributed by atoms with van der Waals surface area (Å²) < 4.78 is 14.9. The van der Waals surface area contributed by atoms with Gasteiger partial charge in [0.2, 0.25) is 0 Å². The fourth-order valence-corrected chi connectivity index (χ4v) is 3.01. The zero-order chi connectivity index (χ0) is 15.0. The summed E-state index contributed by atoms with van der Waals surface area (Å²) in [7, 11) is 0. The highest BCUT2D eigenvalue weighted by atomic mass is 79.9. The van der Waals surface area contributed by atoms with Gasteiger partial charge in [-0.05, 0) is 48.9 Å². The molecule has 1 unspecified atom stereocenters. The standard InChI is InChI=1S/C17H27BrFN/c1-4-7-10-17(5-2,13-20-6-3)12-14-8-9-15(18)11-16(14)19/h8-9,11,20H,4-7,10,12-13H2,1-3H3. The molecule has 1 nitrogen and oxygen atoms in total. The summed E-state index contributed by atoms with van der Waals surface area (Å²) in [5.74, 6) is -0.0924. The van der Waals surface area contributed by atoms with Crippen LogP contribution >= 0.6 is 15.9 Å². The van der Waals surface area contributed by atoms with Crippen LogP contribution in [0.5, 0.6) is 0 Å². The minimum Gasteiger partial charge on any atom is -0.316 e. The van der Waals surface area contributed by atoms with Crippen molar-refractivity contribution in [2.24, 2.45) is 5.41 Å². The van der Waals surface area contributed by atoms with Gasteiger partial charge < -0.3 is 5.32 Å². The Morgan fingerprint density at radius 2 is 2.00 bits per heavy atom. The molecule has 0 aliphatic rings. The van der Waals surface area contributed by atoms with Crippen molar-refractivity contribution < 1.29 is 4.39 Å². The van der Waals surface area contributed by atoms with Crippen molar-refractivity contribution in [2.75, 3.05) is 13.1 Å². The van der Waals surface area contributed by atoms with Gasteiger partial charge in [0.1, 0.15) is 5.82 Å². The van der Waals surface area contributed by atoms with Crippen molar-refractivity contribution in [2.45, 2.75) is 52.9 Å². The molecule has 0 fully saturated rings. The van der Waals surface area contributed by atoms with E-state index in [-0.39, 0.29) is 11.2 Å². The SMILES string of the molecule is CCCCC(CC)(CNCC)Cc1ccc(Br)cc1F. The smallest absolute Gasteiger partial charge is 0.127 e. The van der Waals surface area contributed by atoms with Gasteiger partial charge in [0, 0.05) is 11.0 Å². The molecule has 1 aromatic rings. The van der Waals surface area contributed by atoms with E-state index in [2.05, 4.69) is 42.0 Å². The second-order valence-electron chi connectivity index (χ2n) is 5.65. The number of nitrogens with one attached hydrogen (secondary N) is 1. The van der Waals surface area contributed by atoms with Crippen LogP contribution < -0.4 is 5.32 Å². The molecule has 1 N–H and O–H groups in total. The molecule has 0 saturated heterocycles. The summed E-state index contributed by atoms with van der Waals surface area (Å²) in [5.41, 5.74) is 1.00. The van der Waals surface area contributed by atoms with Crippen molar-refractivity contribution in [1.82, 2.24) is 5.32 Å². The van der Waals surface area contributed by atoms with Crippen LogP contribution in [0, 0.1) is 11.2 Å². The second kappa shape index (κ2) is 8.78. The van der Waals surface area contributed by atoms with Crippen LogP contribution in [0.3, 0.4) is 0 Å². The number of benzene rings is 1. The average molecular weight is 344 g/mol. The van der Waals surface area contributed by atoms with Gasteiger partial charge >= 0.3 is 0 Å². The highest BCUT2D eigenvalue weighted by molar-refractivity contribution is 9.10. The van der Waals surface area contributed by atoms with Crippen molar-refractivity contribution in [1.29, 1.82) is 0 Å². The molecule has 1 atom stereocenters. The number of halogens is 2. The van der Waals surface area contributed by atoms with Crippen LogP contribution in [0.4, 0.5) is 4.39 Å². The summed E-state index contributed by atoms with van der Waals surface area (Å²) in [6.07, 6.45) is 5.45. The summed E-state index contributed by atoms with van der Waals surface area (Å²) in [6, 6.07) is 5.43. The summed E-state index contributed by atoms with van der Waals surface area (Å²) in [6.45, 7) is 8.50. The van der Waals surface area contributed by atoms with E-state index in [0.717, 1.165) is 42.4 Å². The van der Waals surface area contributed by atoms with Crippen LogP contribution in [-0.2, 0) is 6.42 Å². The third-order valence-corrected chi connectivity index (χ3v) is 4.63. The van der Waals surface area contributed by atoms with Gasteiger partial charge in [0.25, 0.3) is 0 Å². The van der Waals surface area contributed by atoms with Crippen LogP contribution in [0.15, 0.2) is 22.7 Å². The Labute approximate surface area is 131 Å². The molecule has 1 aromatic carbocycles. The number of hydrogen-bond acceptors (Lipinski definition) is 1. The van der Waals surface area contributed by atoms with E-state index in [1.807, 2.05) is 12.1 Å². The summed E-state index contributed by atoms with van der Waals surface area (Å²) >= 11 is 3.32. The van der Waals surface area contributed by atoms with Crippen molar-refractivity contribution in [3.8, 4) is 0 Å². The Hall–Kier alpha value is -0.410. The maximum atomic E-state index is 14.1. The number of hydrogen-bond donors (Lipinski definition) is 1. The maximum absolute atomic E-state index is 14.1. The van der Waals surface area contributed by atoms with Gasteiger partial charge in [0.15, 0.2) is 0 Å². The molecule has 0 aromatic heterocycles. The zero-order valence-corrected chi connectivity index (χ0v) is 14.5. The lowest BCUT2D eigenvalue weighted by molar-refractivity contribution is 0.228. The molecular weight excluding hydrogens is 317 g/mol. The molecule has 114 valence electrons. The van der Waals surface area contributed by atoms with Gasteiger partial charge in [-0.2, -0.15) is 0 Å². The summed E-state index contributed by atoms with van der Waals surface area (Å²) in [4.78, 5) is 0. The van der Waals surface area contributed by atoms with Gasteiger partial charge in [-0.25, -0.2) is 4.39 Å². The Morgan fingerprint density at radius 3 is 2.55 bits per heavy atom. The number of rotatable bonds is 9. The third-order valence-electron chi connectivity index (χ3n) is 4.14. The molecule has 3 heteroatoms. The predicted molar refractivity (Wildman–Crippen MR) is 88.6 cm³/mol. The predicted octanol–water partition coefficient (Wildman–Crippen LogP) is 5.33. The first-order chi connectivity index (χ1) is 9.56. The van der Waals surface area contributed by atoms with Crippen LogP contribution in [-0.4, -0.2) is 13.1 Å². The topological polar surface area (TPSA) is 12.0 Å². The average Bonchev–Trinajstić information content (AvgIpc) is 2.45. The van der Waals surface area contributed by atoms with E-state index in [4.69, 9.17) is 0 Å². The maximum Gasteiger partial charge on any atom is 0.127 e. The van der Waals surface area contributed by atoms with Gasteiger partial charge in [0.05, 0.1) is 0 Å². The van der Waals surface area contributed by atoms with Crippen molar-refractivity contribution >= 4 is 15.9 Å². The van der Waals surface area contributed by atoms with Gasteiger partial charge in [-0.15, -0.1) is 0 Å². The lowest BCUT2D eigenvalue weighted by Gasteiger charge is -2.33. The summed E-state index contributed by atoms with van der Waals surface area (Å²) in [5, 5.41) is 3.47. The molecule has 0 spiro atoms. The molecule has 1 rings (SSSR count). The molecule has 0 radical (unpaired) electrons. The fraction of sp³-hybridized carbons (Fsp3) is 0.647. The van der Waals surface area contributed by atoms with Crippen molar-refractivity contribution in [3.63, 3.8) is 0 Å². The fourth-order valence-electron chi connectivity index (χ4n) is 2.68. The normalized spacial score (nSPS) is 14.2. The quantitative estimate of drug-likeness (QED) is 0.639. The molecule has 20 heavy (non-hydrogen) atoms. The molecule has 0 aliphatic heterocycles. The Balaban J connectivity index is 2.90. The largest absolute Gasteiger partial charge is 0.316 e. The Bertz CT molecular complexity index is 398. The van der Waals surface area contributed by atoms with Gasteiger partial charge in [-0.1, -0.05) is 55.6 Å². The Kier molecular flexibility index (Phi) is 7.75. The molecule has 0 aliphatic carbocycles. The number of unbranched alkanes of at least 4 members (excludes halogenated alkanes) is 1. The van der Waals surface area contributed by atoms with Crippen LogP contribution in [0.2, 0.25) is 0 Å². The minimum absolute atomic E-state index is 0.0924. The Morgan fingerprint density at radius 1 is 1.25 bits per heavy atom. The lowest BCUT2D eigenvalue weighted by Crippen LogP contribution is -2.36. The second-order valence-corrected chi connectivity index (χ2v) is 6.57. The van der Waals surface area contributed by atoms with Crippen molar-refractivity contribution in [3.05, 3.63) is 34.1 Å². The first-order valence-corrected chi connectivity index (χ1v) is 8.51. The highest BCUT2D eigenvalue weighted by Crippen LogP contribution is 2.33. The molecule has 0 amide bonds. The molecule has 0 saturated carbocycles.